The Kier molecular flexibility index (Phi) is 4.66. The summed E-state index contributed by atoms with van der Waals surface area (Å²) in [4.78, 5) is 4.12. The molecular formula is C19H24N2. The Morgan fingerprint density at radius 2 is 1.90 bits per heavy atom. The van der Waals surface area contributed by atoms with E-state index in [1.54, 1.807) is 0 Å². The Hall–Kier alpha value is -1.67. The smallest absolute Gasteiger partial charge is 0.0270 e. The highest BCUT2D eigenvalue weighted by atomic mass is 14.9. The molecule has 3 unspecified atom stereocenters. The first-order chi connectivity index (χ1) is 10.4. The van der Waals surface area contributed by atoms with E-state index in [1.165, 1.54) is 24.0 Å². The van der Waals surface area contributed by atoms with Gasteiger partial charge in [0.15, 0.2) is 0 Å². The van der Waals surface area contributed by atoms with Crippen molar-refractivity contribution in [2.45, 2.75) is 38.1 Å². The first-order valence-electron chi connectivity index (χ1n) is 8.05. The second-order valence-corrected chi connectivity index (χ2v) is 6.04. The summed E-state index contributed by atoms with van der Waals surface area (Å²) in [6.45, 7) is 3.34. The van der Waals surface area contributed by atoms with E-state index in [4.69, 9.17) is 0 Å². The van der Waals surface area contributed by atoms with Gasteiger partial charge in [-0.15, -0.1) is 0 Å². The summed E-state index contributed by atoms with van der Waals surface area (Å²) < 4.78 is 0. The maximum atomic E-state index is 4.12. The molecule has 3 atom stereocenters. The predicted octanol–water partition coefficient (Wildman–Crippen LogP) is 3.80. The average Bonchev–Trinajstić information content (AvgIpc) is 3.34. The van der Waals surface area contributed by atoms with Gasteiger partial charge in [-0.05, 0) is 60.9 Å². The van der Waals surface area contributed by atoms with Gasteiger partial charge in [0.05, 0.1) is 0 Å². The third-order valence-corrected chi connectivity index (χ3v) is 4.45. The molecule has 0 saturated heterocycles. The van der Waals surface area contributed by atoms with E-state index in [1.807, 2.05) is 12.4 Å². The number of rotatable bonds is 7. The Labute approximate surface area is 127 Å². The Morgan fingerprint density at radius 1 is 1.14 bits per heavy atom. The van der Waals surface area contributed by atoms with Gasteiger partial charge in [0.2, 0.25) is 0 Å². The van der Waals surface area contributed by atoms with Crippen LogP contribution in [0.4, 0.5) is 0 Å². The van der Waals surface area contributed by atoms with Crippen molar-refractivity contribution in [3.8, 4) is 0 Å². The average molecular weight is 280 g/mol. The van der Waals surface area contributed by atoms with Crippen LogP contribution in [0.5, 0.6) is 0 Å². The Morgan fingerprint density at radius 3 is 2.62 bits per heavy atom. The predicted molar refractivity (Wildman–Crippen MR) is 87.3 cm³/mol. The summed E-state index contributed by atoms with van der Waals surface area (Å²) in [6.07, 6.45) is 7.41. The molecule has 1 N–H and O–H groups in total. The van der Waals surface area contributed by atoms with E-state index in [0.29, 0.717) is 6.04 Å². The maximum absolute atomic E-state index is 4.12. The van der Waals surface area contributed by atoms with Crippen LogP contribution in [0.1, 0.15) is 36.8 Å². The van der Waals surface area contributed by atoms with E-state index < -0.39 is 0 Å². The lowest BCUT2D eigenvalue weighted by Gasteiger charge is -2.19. The molecular weight excluding hydrogens is 256 g/mol. The van der Waals surface area contributed by atoms with Crippen molar-refractivity contribution in [3.05, 3.63) is 66.0 Å². The molecule has 0 radical (unpaired) electrons. The lowest BCUT2D eigenvalue weighted by atomic mass is 9.99. The lowest BCUT2D eigenvalue weighted by molar-refractivity contribution is 0.452. The number of benzene rings is 1. The SMILES string of the molecule is CCCNC(Cc1ccncc1)C1CC1c1ccccc1. The Balaban J connectivity index is 1.66. The van der Waals surface area contributed by atoms with Crippen molar-refractivity contribution in [3.63, 3.8) is 0 Å². The van der Waals surface area contributed by atoms with Crippen LogP contribution in [-0.4, -0.2) is 17.6 Å². The molecule has 1 aromatic carbocycles. The number of hydrogen-bond acceptors (Lipinski definition) is 2. The van der Waals surface area contributed by atoms with Crippen LogP contribution in [0.25, 0.3) is 0 Å². The number of nitrogens with one attached hydrogen (secondary N) is 1. The third-order valence-electron chi connectivity index (χ3n) is 4.45. The normalized spacial score (nSPS) is 22.0. The van der Waals surface area contributed by atoms with Gasteiger partial charge in [0, 0.05) is 18.4 Å². The van der Waals surface area contributed by atoms with Crippen molar-refractivity contribution >= 4 is 0 Å². The monoisotopic (exact) mass is 280 g/mol. The van der Waals surface area contributed by atoms with Gasteiger partial charge in [0.25, 0.3) is 0 Å². The van der Waals surface area contributed by atoms with Crippen LogP contribution in [0, 0.1) is 5.92 Å². The van der Waals surface area contributed by atoms with E-state index >= 15 is 0 Å². The molecule has 0 aliphatic heterocycles. The van der Waals surface area contributed by atoms with Crippen LogP contribution < -0.4 is 5.32 Å². The van der Waals surface area contributed by atoms with Crippen molar-refractivity contribution in [1.29, 1.82) is 0 Å². The molecule has 0 spiro atoms. The number of hydrogen-bond donors (Lipinski definition) is 1. The highest BCUT2D eigenvalue weighted by molar-refractivity contribution is 5.27. The maximum Gasteiger partial charge on any atom is 0.0270 e. The lowest BCUT2D eigenvalue weighted by Crippen LogP contribution is -2.34. The van der Waals surface area contributed by atoms with Crippen LogP contribution in [0.3, 0.4) is 0 Å². The fourth-order valence-corrected chi connectivity index (χ4v) is 3.22. The van der Waals surface area contributed by atoms with Crippen molar-refractivity contribution in [1.82, 2.24) is 10.3 Å². The minimum absolute atomic E-state index is 0.581. The quantitative estimate of drug-likeness (QED) is 0.834. The second-order valence-electron chi connectivity index (χ2n) is 6.04. The second kappa shape index (κ2) is 6.86. The highest BCUT2D eigenvalue weighted by Gasteiger charge is 2.43. The van der Waals surface area contributed by atoms with Crippen molar-refractivity contribution in [2.75, 3.05) is 6.54 Å². The molecule has 1 saturated carbocycles. The van der Waals surface area contributed by atoms with Gasteiger partial charge in [-0.3, -0.25) is 4.98 Å². The molecule has 1 fully saturated rings. The standard InChI is InChI=1S/C19H24N2/c1-2-10-21-19(13-15-8-11-20-12-9-15)18-14-17(18)16-6-4-3-5-7-16/h3-9,11-12,17-19,21H,2,10,13-14H2,1H3. The fourth-order valence-electron chi connectivity index (χ4n) is 3.22. The van der Waals surface area contributed by atoms with Gasteiger partial charge in [-0.25, -0.2) is 0 Å². The summed E-state index contributed by atoms with van der Waals surface area (Å²) in [7, 11) is 0. The van der Waals surface area contributed by atoms with Crippen LogP contribution in [0.2, 0.25) is 0 Å². The van der Waals surface area contributed by atoms with Gasteiger partial charge >= 0.3 is 0 Å². The molecule has 2 nitrogen and oxygen atoms in total. The highest BCUT2D eigenvalue weighted by Crippen LogP contribution is 2.50. The summed E-state index contributed by atoms with van der Waals surface area (Å²) in [6, 6.07) is 15.8. The third kappa shape index (κ3) is 3.70. The largest absolute Gasteiger partial charge is 0.313 e. The molecule has 2 aromatic rings. The van der Waals surface area contributed by atoms with E-state index in [-0.39, 0.29) is 0 Å². The van der Waals surface area contributed by atoms with Gasteiger partial charge in [-0.2, -0.15) is 0 Å². The number of aromatic nitrogens is 1. The van der Waals surface area contributed by atoms with Crippen LogP contribution in [0.15, 0.2) is 54.9 Å². The number of nitrogens with zero attached hydrogens (tertiary/aromatic N) is 1. The zero-order valence-corrected chi connectivity index (χ0v) is 12.7. The molecule has 1 aromatic heterocycles. The van der Waals surface area contributed by atoms with Gasteiger partial charge in [0.1, 0.15) is 0 Å². The van der Waals surface area contributed by atoms with Crippen molar-refractivity contribution < 1.29 is 0 Å². The molecule has 2 heteroatoms. The summed E-state index contributed by atoms with van der Waals surface area (Å²) in [5.41, 5.74) is 2.89. The van der Waals surface area contributed by atoms with Crippen LogP contribution >= 0.6 is 0 Å². The molecule has 1 heterocycles. The van der Waals surface area contributed by atoms with Gasteiger partial charge < -0.3 is 5.32 Å². The van der Waals surface area contributed by atoms with E-state index in [9.17, 15) is 0 Å². The van der Waals surface area contributed by atoms with Crippen LogP contribution in [-0.2, 0) is 6.42 Å². The molecule has 21 heavy (non-hydrogen) atoms. The topological polar surface area (TPSA) is 24.9 Å². The van der Waals surface area contributed by atoms with E-state index in [2.05, 4.69) is 59.7 Å². The number of pyridine rings is 1. The minimum Gasteiger partial charge on any atom is -0.313 e. The summed E-state index contributed by atoms with van der Waals surface area (Å²) in [5, 5.41) is 3.76. The molecule has 0 amide bonds. The molecule has 3 rings (SSSR count). The first kappa shape index (κ1) is 14.3. The fraction of sp³-hybridized carbons (Fsp3) is 0.421. The zero-order valence-electron chi connectivity index (χ0n) is 12.7. The Bertz CT molecular complexity index is 538. The molecule has 1 aliphatic carbocycles. The minimum atomic E-state index is 0.581. The summed E-state index contributed by atoms with van der Waals surface area (Å²) >= 11 is 0. The van der Waals surface area contributed by atoms with Gasteiger partial charge in [-0.1, -0.05) is 37.3 Å². The molecule has 1 aliphatic rings. The van der Waals surface area contributed by atoms with Crippen molar-refractivity contribution in [2.24, 2.45) is 5.92 Å². The molecule has 0 bridgehead atoms. The molecule has 110 valence electrons. The zero-order chi connectivity index (χ0) is 14.5. The first-order valence-corrected chi connectivity index (χ1v) is 8.05. The summed E-state index contributed by atoms with van der Waals surface area (Å²) in [5.74, 6) is 1.51. The van der Waals surface area contributed by atoms with E-state index in [0.717, 1.165) is 24.8 Å².